The molecular formula is C18H25NO2S. The maximum absolute atomic E-state index is 12.2. The third-order valence-corrected chi connectivity index (χ3v) is 6.93. The minimum atomic E-state index is -0.329. The molecule has 3 nitrogen and oxygen atoms in total. The van der Waals surface area contributed by atoms with Crippen molar-refractivity contribution in [3.63, 3.8) is 0 Å². The van der Waals surface area contributed by atoms with Crippen molar-refractivity contribution >= 4 is 17.7 Å². The molecule has 0 bridgehead atoms. The second-order valence-corrected chi connectivity index (χ2v) is 8.37. The molecule has 1 heterocycles. The number of carbonyl (C=O) groups is 1. The van der Waals surface area contributed by atoms with Crippen LogP contribution >= 0.6 is 11.8 Å². The number of allylic oxidation sites excluding steroid dienone is 3. The number of hydrogen-bond acceptors (Lipinski definition) is 3. The van der Waals surface area contributed by atoms with E-state index in [9.17, 15) is 9.90 Å². The molecule has 4 heteroatoms. The van der Waals surface area contributed by atoms with Crippen LogP contribution in [0.2, 0.25) is 0 Å². The highest BCUT2D eigenvalue weighted by Gasteiger charge is 2.49. The molecule has 0 aromatic carbocycles. The fraction of sp³-hybridized carbons (Fsp3) is 0.611. The van der Waals surface area contributed by atoms with Gasteiger partial charge in [-0.3, -0.25) is 4.79 Å². The van der Waals surface area contributed by atoms with Gasteiger partial charge in [0.1, 0.15) is 0 Å². The molecular weight excluding hydrogens is 294 g/mol. The van der Waals surface area contributed by atoms with Crippen molar-refractivity contribution in [1.82, 2.24) is 4.90 Å². The van der Waals surface area contributed by atoms with E-state index in [2.05, 4.69) is 32.9 Å². The zero-order chi connectivity index (χ0) is 16.2. The summed E-state index contributed by atoms with van der Waals surface area (Å²) in [6.07, 6.45) is 4.92. The van der Waals surface area contributed by atoms with Crippen LogP contribution in [0.1, 0.15) is 34.1 Å². The van der Waals surface area contributed by atoms with Gasteiger partial charge in [0.25, 0.3) is 5.91 Å². The van der Waals surface area contributed by atoms with Crippen LogP contribution in [0.3, 0.4) is 0 Å². The Morgan fingerprint density at radius 3 is 2.82 bits per heavy atom. The van der Waals surface area contributed by atoms with Crippen LogP contribution in [0.25, 0.3) is 0 Å². The SMILES string of the molecule is CCS[C@@H]1C=C2C=C3C(=C(C)C(=O)N3C)C[C@]2(C)[C@@H](C)[C@H]1O. The summed E-state index contributed by atoms with van der Waals surface area (Å²) in [6.45, 7) is 8.43. The van der Waals surface area contributed by atoms with Gasteiger partial charge in [-0.1, -0.05) is 26.8 Å². The Balaban J connectivity index is 2.12. The van der Waals surface area contributed by atoms with Gasteiger partial charge in [0.2, 0.25) is 0 Å². The lowest BCUT2D eigenvalue weighted by Crippen LogP contribution is -2.46. The lowest BCUT2D eigenvalue weighted by atomic mass is 9.60. The molecule has 22 heavy (non-hydrogen) atoms. The summed E-state index contributed by atoms with van der Waals surface area (Å²) in [5.41, 5.74) is 4.27. The third-order valence-electron chi connectivity index (χ3n) is 5.80. The number of amides is 1. The minimum Gasteiger partial charge on any atom is -0.391 e. The van der Waals surface area contributed by atoms with Gasteiger partial charge in [-0.15, -0.1) is 0 Å². The number of aliphatic hydroxyl groups is 1. The van der Waals surface area contributed by atoms with Gasteiger partial charge in [0, 0.05) is 29.0 Å². The van der Waals surface area contributed by atoms with Gasteiger partial charge in [-0.25, -0.2) is 0 Å². The highest BCUT2D eigenvalue weighted by Crippen LogP contribution is 2.54. The molecule has 3 rings (SSSR count). The van der Waals surface area contributed by atoms with E-state index in [-0.39, 0.29) is 28.6 Å². The molecule has 0 aromatic heterocycles. The molecule has 0 saturated heterocycles. The number of rotatable bonds is 2. The minimum absolute atomic E-state index is 0.0875. The summed E-state index contributed by atoms with van der Waals surface area (Å²) in [4.78, 5) is 14.0. The second-order valence-electron chi connectivity index (χ2n) is 6.91. The van der Waals surface area contributed by atoms with Crippen LogP contribution in [-0.2, 0) is 4.79 Å². The van der Waals surface area contributed by atoms with E-state index in [1.165, 1.54) is 5.57 Å². The normalized spacial score (nSPS) is 37.8. The number of aliphatic hydroxyl groups excluding tert-OH is 1. The number of fused-ring (bicyclic) bond motifs is 2. The van der Waals surface area contributed by atoms with E-state index in [0.29, 0.717) is 0 Å². The predicted molar refractivity (Wildman–Crippen MR) is 91.5 cm³/mol. The van der Waals surface area contributed by atoms with E-state index in [1.807, 2.05) is 14.0 Å². The predicted octanol–water partition coefficient (Wildman–Crippen LogP) is 3.13. The van der Waals surface area contributed by atoms with E-state index >= 15 is 0 Å². The van der Waals surface area contributed by atoms with Gasteiger partial charge in [0.15, 0.2) is 0 Å². The highest BCUT2D eigenvalue weighted by atomic mass is 32.2. The van der Waals surface area contributed by atoms with Crippen molar-refractivity contribution in [2.45, 2.75) is 45.5 Å². The molecule has 0 aromatic rings. The summed E-state index contributed by atoms with van der Waals surface area (Å²) < 4.78 is 0. The van der Waals surface area contributed by atoms with Crippen molar-refractivity contribution in [1.29, 1.82) is 0 Å². The maximum atomic E-state index is 12.2. The molecule has 2 aliphatic carbocycles. The molecule has 120 valence electrons. The molecule has 0 fully saturated rings. The monoisotopic (exact) mass is 319 g/mol. The molecule has 1 amide bonds. The van der Waals surface area contributed by atoms with Gasteiger partial charge in [-0.05, 0) is 42.2 Å². The molecule has 3 aliphatic rings. The number of likely N-dealkylation sites (N-methyl/N-ethyl adjacent to an activating group) is 1. The Labute approximate surface area is 137 Å². The first-order chi connectivity index (χ1) is 10.3. The average molecular weight is 319 g/mol. The lowest BCUT2D eigenvalue weighted by molar-refractivity contribution is -0.123. The van der Waals surface area contributed by atoms with Crippen molar-refractivity contribution < 1.29 is 9.90 Å². The Kier molecular flexibility index (Phi) is 3.81. The standard InChI is InChI=1S/C18H25NO2S/c1-6-22-15-8-12-7-14-13(10(2)17(21)19(14)5)9-18(12,4)11(3)16(15)20/h7-8,11,15-16,20H,6,9H2,1-5H3/t11-,15+,16+,18+/m0/s1. The summed E-state index contributed by atoms with van der Waals surface area (Å²) in [6, 6.07) is 0. The molecule has 4 atom stereocenters. The first-order valence-corrected chi connectivity index (χ1v) is 9.08. The van der Waals surface area contributed by atoms with Crippen LogP contribution in [0.15, 0.2) is 34.6 Å². The van der Waals surface area contributed by atoms with E-state index in [4.69, 9.17) is 0 Å². The number of hydrogen-bond donors (Lipinski definition) is 1. The van der Waals surface area contributed by atoms with Gasteiger partial charge in [0.05, 0.1) is 6.10 Å². The Hall–Kier alpha value is -1.00. The Morgan fingerprint density at radius 1 is 1.50 bits per heavy atom. The average Bonchev–Trinajstić information content (AvgIpc) is 2.69. The Bertz CT molecular complexity index is 619. The molecule has 0 saturated carbocycles. The van der Waals surface area contributed by atoms with Crippen LogP contribution in [0.4, 0.5) is 0 Å². The maximum Gasteiger partial charge on any atom is 0.254 e. The number of thioether (sulfide) groups is 1. The first kappa shape index (κ1) is 15.9. The van der Waals surface area contributed by atoms with E-state index < -0.39 is 0 Å². The molecule has 1 N–H and O–H groups in total. The zero-order valence-electron chi connectivity index (χ0n) is 14.0. The van der Waals surface area contributed by atoms with Crippen molar-refractivity contribution in [3.05, 3.63) is 34.6 Å². The summed E-state index contributed by atoms with van der Waals surface area (Å²) >= 11 is 1.80. The number of carbonyl (C=O) groups excluding carboxylic acids is 1. The van der Waals surface area contributed by atoms with Crippen molar-refractivity contribution in [2.75, 3.05) is 12.8 Å². The van der Waals surface area contributed by atoms with E-state index in [1.54, 1.807) is 16.7 Å². The third kappa shape index (κ3) is 2.04. The van der Waals surface area contributed by atoms with Gasteiger partial charge in [-0.2, -0.15) is 11.8 Å². The summed E-state index contributed by atoms with van der Waals surface area (Å²) in [5.74, 6) is 1.28. The Morgan fingerprint density at radius 2 is 2.18 bits per heavy atom. The first-order valence-electron chi connectivity index (χ1n) is 8.03. The second kappa shape index (κ2) is 5.27. The van der Waals surface area contributed by atoms with Crippen LogP contribution in [0, 0.1) is 11.3 Å². The fourth-order valence-corrected chi connectivity index (χ4v) is 5.07. The van der Waals surface area contributed by atoms with E-state index in [0.717, 1.165) is 29.0 Å². The topological polar surface area (TPSA) is 40.5 Å². The smallest absolute Gasteiger partial charge is 0.254 e. The number of nitrogens with zero attached hydrogens (tertiary/aromatic N) is 1. The highest BCUT2D eigenvalue weighted by molar-refractivity contribution is 8.00. The molecule has 0 spiro atoms. The van der Waals surface area contributed by atoms with Crippen molar-refractivity contribution in [3.8, 4) is 0 Å². The van der Waals surface area contributed by atoms with Crippen LogP contribution < -0.4 is 0 Å². The lowest BCUT2D eigenvalue weighted by Gasteiger charge is -2.48. The summed E-state index contributed by atoms with van der Waals surface area (Å²) in [7, 11) is 1.85. The van der Waals surface area contributed by atoms with Gasteiger partial charge < -0.3 is 10.0 Å². The van der Waals surface area contributed by atoms with Gasteiger partial charge >= 0.3 is 0 Å². The quantitative estimate of drug-likeness (QED) is 0.850. The van der Waals surface area contributed by atoms with Crippen LogP contribution in [-0.4, -0.2) is 40.1 Å². The zero-order valence-corrected chi connectivity index (χ0v) is 14.8. The van der Waals surface area contributed by atoms with Crippen molar-refractivity contribution in [2.24, 2.45) is 11.3 Å². The fourth-order valence-electron chi connectivity index (χ4n) is 4.01. The summed E-state index contributed by atoms with van der Waals surface area (Å²) in [5, 5.41) is 10.9. The molecule has 0 radical (unpaired) electrons. The largest absolute Gasteiger partial charge is 0.391 e. The molecule has 1 aliphatic heterocycles. The van der Waals surface area contributed by atoms with Crippen LogP contribution in [0.5, 0.6) is 0 Å². The molecule has 0 unspecified atom stereocenters.